The maximum absolute atomic E-state index is 6.98. The van der Waals surface area contributed by atoms with Gasteiger partial charge in [0.15, 0.2) is 16.6 Å². The lowest BCUT2D eigenvalue weighted by Crippen LogP contribution is -2.63. The van der Waals surface area contributed by atoms with Gasteiger partial charge in [0, 0.05) is 12.0 Å². The maximum atomic E-state index is 6.98. The lowest BCUT2D eigenvalue weighted by molar-refractivity contribution is -0.199. The zero-order chi connectivity index (χ0) is 21.4. The van der Waals surface area contributed by atoms with E-state index in [0.29, 0.717) is 16.9 Å². The molecule has 3 fully saturated rings. The zero-order valence-electron chi connectivity index (χ0n) is 20.8. The molecule has 2 nitrogen and oxygen atoms in total. The standard InChI is InChI=1S/C24H48O2Si2/c1-21(2,3)28(10,11)25-17-24-15-12-18-19(16-22(18,4)5)23(24,6)14-13-20(24)26-27(7,8)9/h18-20H,12-17H2,1-11H3/t18-,19+,20-,23-,24+/m1/s1. The summed E-state index contributed by atoms with van der Waals surface area (Å²) in [6.07, 6.45) is 7.05. The van der Waals surface area contributed by atoms with Gasteiger partial charge in [0.25, 0.3) is 0 Å². The summed E-state index contributed by atoms with van der Waals surface area (Å²) in [6, 6.07) is 0. The minimum absolute atomic E-state index is 0.223. The van der Waals surface area contributed by atoms with Crippen molar-refractivity contribution in [3.05, 3.63) is 0 Å². The van der Waals surface area contributed by atoms with Gasteiger partial charge in [0.1, 0.15) is 0 Å². The highest BCUT2D eigenvalue weighted by molar-refractivity contribution is 6.74. The molecule has 0 saturated heterocycles. The smallest absolute Gasteiger partial charge is 0.192 e. The number of fused-ring (bicyclic) bond motifs is 3. The summed E-state index contributed by atoms with van der Waals surface area (Å²) in [5.74, 6) is 1.78. The number of rotatable bonds is 5. The van der Waals surface area contributed by atoms with Crippen molar-refractivity contribution in [1.29, 1.82) is 0 Å². The number of hydrogen-bond donors (Lipinski definition) is 0. The van der Waals surface area contributed by atoms with Crippen LogP contribution in [0, 0.1) is 28.1 Å². The van der Waals surface area contributed by atoms with Crippen LogP contribution in [0.5, 0.6) is 0 Å². The molecule has 5 atom stereocenters. The highest BCUT2D eigenvalue weighted by Gasteiger charge is 2.69. The van der Waals surface area contributed by atoms with Crippen LogP contribution in [-0.4, -0.2) is 29.3 Å². The van der Waals surface area contributed by atoms with Crippen LogP contribution in [0.2, 0.25) is 37.8 Å². The van der Waals surface area contributed by atoms with Gasteiger partial charge in [-0.15, -0.1) is 0 Å². The third kappa shape index (κ3) is 3.52. The Labute approximate surface area is 177 Å². The summed E-state index contributed by atoms with van der Waals surface area (Å²) in [6.45, 7) is 27.6. The molecule has 28 heavy (non-hydrogen) atoms. The van der Waals surface area contributed by atoms with E-state index in [9.17, 15) is 0 Å². The molecule has 0 aromatic heterocycles. The van der Waals surface area contributed by atoms with Gasteiger partial charge < -0.3 is 8.85 Å². The minimum Gasteiger partial charge on any atom is -0.416 e. The van der Waals surface area contributed by atoms with Crippen molar-refractivity contribution < 1.29 is 8.85 Å². The highest BCUT2D eigenvalue weighted by Crippen LogP contribution is 2.73. The van der Waals surface area contributed by atoms with E-state index in [4.69, 9.17) is 8.85 Å². The third-order valence-electron chi connectivity index (χ3n) is 9.63. The van der Waals surface area contributed by atoms with E-state index >= 15 is 0 Å². The van der Waals surface area contributed by atoms with Crippen LogP contribution in [-0.2, 0) is 8.85 Å². The molecular formula is C24H48O2Si2. The maximum Gasteiger partial charge on any atom is 0.192 e. The van der Waals surface area contributed by atoms with Gasteiger partial charge in [-0.2, -0.15) is 0 Å². The fourth-order valence-electron chi connectivity index (χ4n) is 6.70. The van der Waals surface area contributed by atoms with Gasteiger partial charge in [0.05, 0.1) is 6.10 Å². The Morgan fingerprint density at radius 1 is 0.893 bits per heavy atom. The van der Waals surface area contributed by atoms with Gasteiger partial charge in [0.2, 0.25) is 0 Å². The summed E-state index contributed by atoms with van der Waals surface area (Å²) >= 11 is 0. The van der Waals surface area contributed by atoms with Crippen molar-refractivity contribution in [1.82, 2.24) is 0 Å². The molecule has 164 valence electrons. The van der Waals surface area contributed by atoms with Crippen LogP contribution in [0.15, 0.2) is 0 Å². The molecule has 0 heterocycles. The molecule has 0 aromatic carbocycles. The Morgan fingerprint density at radius 3 is 2.00 bits per heavy atom. The average Bonchev–Trinajstić information content (AvgIpc) is 2.76. The molecule has 4 heteroatoms. The molecule has 0 aliphatic heterocycles. The predicted molar refractivity (Wildman–Crippen MR) is 126 cm³/mol. The second-order valence-electron chi connectivity index (χ2n) is 13.8. The molecule has 0 amide bonds. The SMILES string of the molecule is CC1(C)C[C@H]2[C@H]1CC[C@]1(CO[Si](C)(C)C(C)(C)C)[C@H](O[Si](C)(C)C)CC[C@]21C. The van der Waals surface area contributed by atoms with Crippen LogP contribution < -0.4 is 0 Å². The van der Waals surface area contributed by atoms with E-state index in [1.165, 1.54) is 32.1 Å². The van der Waals surface area contributed by atoms with Crippen LogP contribution in [0.4, 0.5) is 0 Å². The summed E-state index contributed by atoms with van der Waals surface area (Å²) < 4.78 is 13.9. The minimum atomic E-state index is -1.77. The first-order valence-corrected chi connectivity index (χ1v) is 18.1. The molecular weight excluding hydrogens is 376 g/mol. The summed E-state index contributed by atoms with van der Waals surface area (Å²) in [4.78, 5) is 0. The fourth-order valence-corrected chi connectivity index (χ4v) is 8.95. The summed E-state index contributed by atoms with van der Waals surface area (Å²) in [5.41, 5.74) is 1.15. The van der Waals surface area contributed by atoms with Crippen molar-refractivity contribution in [2.45, 2.75) is 118 Å². The van der Waals surface area contributed by atoms with Crippen molar-refractivity contribution in [3.8, 4) is 0 Å². The Morgan fingerprint density at radius 2 is 1.50 bits per heavy atom. The van der Waals surface area contributed by atoms with E-state index < -0.39 is 16.6 Å². The molecule has 3 aliphatic carbocycles. The summed E-state index contributed by atoms with van der Waals surface area (Å²) in [7, 11) is -3.35. The molecule has 0 bridgehead atoms. The predicted octanol–water partition coefficient (Wildman–Crippen LogP) is 7.47. The Balaban J connectivity index is 1.93. The lowest BCUT2D eigenvalue weighted by atomic mass is 9.39. The first-order valence-electron chi connectivity index (χ1n) is 11.8. The molecule has 0 unspecified atom stereocenters. The topological polar surface area (TPSA) is 18.5 Å². The zero-order valence-corrected chi connectivity index (χ0v) is 22.8. The Bertz CT molecular complexity index is 601. The third-order valence-corrected chi connectivity index (χ3v) is 15.1. The second kappa shape index (κ2) is 6.67. The highest BCUT2D eigenvalue weighted by atomic mass is 28.4. The van der Waals surface area contributed by atoms with Crippen molar-refractivity contribution in [3.63, 3.8) is 0 Å². The first-order chi connectivity index (χ1) is 12.5. The summed E-state index contributed by atoms with van der Waals surface area (Å²) in [5, 5.41) is 0.267. The van der Waals surface area contributed by atoms with Gasteiger partial charge in [-0.3, -0.25) is 0 Å². The fraction of sp³-hybridized carbons (Fsp3) is 1.00. The largest absolute Gasteiger partial charge is 0.416 e. The van der Waals surface area contributed by atoms with E-state index in [2.05, 4.69) is 74.3 Å². The van der Waals surface area contributed by atoms with Gasteiger partial charge >= 0.3 is 0 Å². The van der Waals surface area contributed by atoms with Crippen LogP contribution in [0.1, 0.15) is 73.6 Å². The van der Waals surface area contributed by atoms with E-state index in [-0.39, 0.29) is 10.5 Å². The lowest BCUT2D eigenvalue weighted by Gasteiger charge is -2.67. The number of hydrogen-bond acceptors (Lipinski definition) is 2. The molecule has 0 spiro atoms. The molecule has 3 aliphatic rings. The van der Waals surface area contributed by atoms with Crippen LogP contribution in [0.25, 0.3) is 0 Å². The quantitative estimate of drug-likeness (QED) is 0.426. The molecule has 3 rings (SSSR count). The molecule has 3 saturated carbocycles. The first kappa shape index (κ1) is 23.0. The van der Waals surface area contributed by atoms with E-state index in [1.54, 1.807) is 0 Å². The van der Waals surface area contributed by atoms with Crippen LogP contribution in [0.3, 0.4) is 0 Å². The van der Waals surface area contributed by atoms with Gasteiger partial charge in [-0.25, -0.2) is 0 Å². The van der Waals surface area contributed by atoms with Gasteiger partial charge in [-0.1, -0.05) is 41.5 Å². The molecule has 0 radical (unpaired) electrons. The Kier molecular flexibility index (Phi) is 5.49. The average molecular weight is 425 g/mol. The van der Waals surface area contributed by atoms with Crippen molar-refractivity contribution in [2.24, 2.45) is 28.1 Å². The molecule has 0 N–H and O–H groups in total. The van der Waals surface area contributed by atoms with Crippen LogP contribution >= 0.6 is 0 Å². The normalized spacial score (nSPS) is 40.6. The van der Waals surface area contributed by atoms with Gasteiger partial charge in [-0.05, 0) is 92.5 Å². The Hall–Kier alpha value is 0.354. The second-order valence-corrected chi connectivity index (χ2v) is 23.1. The molecule has 0 aromatic rings. The monoisotopic (exact) mass is 424 g/mol. The van der Waals surface area contributed by atoms with E-state index in [1.807, 2.05) is 0 Å². The van der Waals surface area contributed by atoms with E-state index in [0.717, 1.165) is 18.4 Å². The van der Waals surface area contributed by atoms with Crippen molar-refractivity contribution in [2.75, 3.05) is 6.61 Å². The van der Waals surface area contributed by atoms with Crippen molar-refractivity contribution >= 4 is 16.6 Å².